The minimum absolute atomic E-state index is 0.352. The highest BCUT2D eigenvalue weighted by molar-refractivity contribution is 6.46. The van der Waals surface area contributed by atoms with E-state index in [0.717, 1.165) is 43.7 Å². The van der Waals surface area contributed by atoms with Crippen molar-refractivity contribution in [2.24, 2.45) is 0 Å². The topological polar surface area (TPSA) is 53.6 Å². The van der Waals surface area contributed by atoms with Gasteiger partial charge in [-0.05, 0) is 59.3 Å². The largest absolute Gasteiger partial charge is 0.455 e. The molecule has 0 fully saturated rings. The second-order valence-corrected chi connectivity index (χ2v) is 10.4. The zero-order chi connectivity index (χ0) is 23.8. The molecule has 1 atom stereocenters. The van der Waals surface area contributed by atoms with E-state index in [1.54, 1.807) is 20.8 Å². The lowest BCUT2D eigenvalue weighted by Gasteiger charge is -2.35. The van der Waals surface area contributed by atoms with Crippen LogP contribution < -0.4 is 5.46 Å². The van der Waals surface area contributed by atoms with E-state index in [1.807, 2.05) is 6.07 Å². The molecule has 1 aromatic heterocycles. The molecule has 0 bridgehead atoms. The molecule has 4 heteroatoms. The highest BCUT2D eigenvalue weighted by atomic mass is 16.4. The first kappa shape index (κ1) is 21.2. The SMILES string of the molecule is Bc1cc2ccc3ccccc3c2c2oc3ccc4ccc(CC(C)(O)C(C)(C)O)cc4c3c12. The Kier molecular flexibility index (Phi) is 4.42. The molecule has 0 aliphatic carbocycles. The lowest BCUT2D eigenvalue weighted by molar-refractivity contribution is -0.118. The summed E-state index contributed by atoms with van der Waals surface area (Å²) >= 11 is 0. The number of fused-ring (bicyclic) bond motifs is 9. The van der Waals surface area contributed by atoms with Crippen molar-refractivity contribution in [3.8, 4) is 0 Å². The predicted molar refractivity (Wildman–Crippen MR) is 145 cm³/mol. The summed E-state index contributed by atoms with van der Waals surface area (Å²) in [5, 5.41) is 30.5. The quantitative estimate of drug-likeness (QED) is 0.284. The fourth-order valence-corrected chi connectivity index (χ4v) is 5.21. The second kappa shape index (κ2) is 7.08. The molecule has 2 N–H and O–H groups in total. The number of hydrogen-bond acceptors (Lipinski definition) is 3. The van der Waals surface area contributed by atoms with Gasteiger partial charge in [0.25, 0.3) is 0 Å². The smallest absolute Gasteiger partial charge is 0.143 e. The van der Waals surface area contributed by atoms with Crippen molar-refractivity contribution in [3.05, 3.63) is 78.4 Å². The molecule has 0 saturated carbocycles. The highest BCUT2D eigenvalue weighted by Crippen LogP contribution is 2.40. The number of furan rings is 1. The maximum atomic E-state index is 10.9. The number of hydrogen-bond donors (Lipinski definition) is 2. The van der Waals surface area contributed by atoms with Crippen LogP contribution in [0.1, 0.15) is 26.3 Å². The van der Waals surface area contributed by atoms with Gasteiger partial charge < -0.3 is 14.6 Å². The van der Waals surface area contributed by atoms with Gasteiger partial charge in [-0.25, -0.2) is 0 Å². The average molecular weight is 446 g/mol. The van der Waals surface area contributed by atoms with Gasteiger partial charge in [0, 0.05) is 22.6 Å². The van der Waals surface area contributed by atoms with Crippen molar-refractivity contribution in [1.82, 2.24) is 0 Å². The van der Waals surface area contributed by atoms with Crippen molar-refractivity contribution >= 4 is 67.6 Å². The predicted octanol–water partition coefficient (Wildman–Crippen LogP) is 5.37. The summed E-state index contributed by atoms with van der Waals surface area (Å²) in [5.41, 5.74) is 1.47. The number of rotatable bonds is 3. The van der Waals surface area contributed by atoms with Crippen LogP contribution in [0.2, 0.25) is 0 Å². The minimum atomic E-state index is -1.25. The standard InChI is InChI=1S/C30H27BO3/c1-29(2,32)30(3,33)16-17-8-9-19-12-13-24-26(22(19)14-17)27-23(31)15-20-11-10-18-6-4-5-7-21(18)25(20)28(27)34-24/h4-15,32-33H,16,31H2,1-3H3. The van der Waals surface area contributed by atoms with Crippen LogP contribution in [0.5, 0.6) is 0 Å². The number of aliphatic hydroxyl groups is 2. The third-order valence-electron chi connectivity index (χ3n) is 7.56. The Bertz CT molecular complexity index is 1750. The lowest BCUT2D eigenvalue weighted by Crippen LogP contribution is -2.49. The Morgan fingerprint density at radius 3 is 2.21 bits per heavy atom. The Labute approximate surface area is 199 Å². The molecule has 34 heavy (non-hydrogen) atoms. The molecule has 6 aromatic rings. The molecule has 0 amide bonds. The van der Waals surface area contributed by atoms with Gasteiger partial charge in [-0.2, -0.15) is 0 Å². The van der Waals surface area contributed by atoms with Crippen molar-refractivity contribution in [2.45, 2.75) is 38.4 Å². The van der Waals surface area contributed by atoms with Crippen molar-refractivity contribution < 1.29 is 14.6 Å². The molecule has 0 aliphatic rings. The minimum Gasteiger partial charge on any atom is -0.455 e. The van der Waals surface area contributed by atoms with Crippen LogP contribution in [0.4, 0.5) is 0 Å². The normalized spacial score (nSPS) is 14.5. The van der Waals surface area contributed by atoms with Crippen molar-refractivity contribution in [2.75, 3.05) is 0 Å². The molecule has 1 unspecified atom stereocenters. The molecule has 6 rings (SSSR count). The van der Waals surface area contributed by atoms with Gasteiger partial charge in [0.05, 0.1) is 11.2 Å². The zero-order valence-electron chi connectivity index (χ0n) is 19.9. The van der Waals surface area contributed by atoms with E-state index in [9.17, 15) is 10.2 Å². The maximum Gasteiger partial charge on any atom is 0.143 e. The van der Waals surface area contributed by atoms with Crippen LogP contribution in [0.3, 0.4) is 0 Å². The van der Waals surface area contributed by atoms with Gasteiger partial charge in [0.2, 0.25) is 0 Å². The van der Waals surface area contributed by atoms with Gasteiger partial charge in [-0.3, -0.25) is 0 Å². The molecule has 0 spiro atoms. The summed E-state index contributed by atoms with van der Waals surface area (Å²) in [7, 11) is 2.15. The summed E-state index contributed by atoms with van der Waals surface area (Å²) in [6, 6.07) is 25.4. The van der Waals surface area contributed by atoms with E-state index in [-0.39, 0.29) is 0 Å². The third-order valence-corrected chi connectivity index (χ3v) is 7.56. The monoisotopic (exact) mass is 446 g/mol. The van der Waals surface area contributed by atoms with E-state index in [4.69, 9.17) is 4.42 Å². The molecule has 5 aromatic carbocycles. The van der Waals surface area contributed by atoms with E-state index in [0.29, 0.717) is 6.42 Å². The fraction of sp³-hybridized carbons (Fsp3) is 0.200. The Hall–Kier alpha value is -3.34. The van der Waals surface area contributed by atoms with Crippen LogP contribution in [0, 0.1) is 0 Å². The molecule has 3 nitrogen and oxygen atoms in total. The summed E-state index contributed by atoms with van der Waals surface area (Å²) in [4.78, 5) is 0. The van der Waals surface area contributed by atoms with E-state index >= 15 is 0 Å². The van der Waals surface area contributed by atoms with E-state index in [2.05, 4.69) is 74.6 Å². The molecule has 1 heterocycles. The van der Waals surface area contributed by atoms with Crippen LogP contribution in [0.25, 0.3) is 54.3 Å². The molecule has 0 aliphatic heterocycles. The van der Waals surface area contributed by atoms with Crippen LogP contribution in [-0.2, 0) is 6.42 Å². The summed E-state index contributed by atoms with van der Waals surface area (Å²) in [5.74, 6) is 0. The van der Waals surface area contributed by atoms with Gasteiger partial charge in [-0.1, -0.05) is 72.2 Å². The van der Waals surface area contributed by atoms with Gasteiger partial charge >= 0.3 is 0 Å². The first-order valence-corrected chi connectivity index (χ1v) is 11.8. The average Bonchev–Trinajstić information content (AvgIpc) is 3.18. The van der Waals surface area contributed by atoms with Gasteiger partial charge in [-0.15, -0.1) is 0 Å². The fourth-order valence-electron chi connectivity index (χ4n) is 5.21. The molecule has 0 radical (unpaired) electrons. The first-order valence-electron chi connectivity index (χ1n) is 11.8. The van der Waals surface area contributed by atoms with Crippen LogP contribution in [-0.4, -0.2) is 29.3 Å². The second-order valence-electron chi connectivity index (χ2n) is 10.4. The summed E-state index contributed by atoms with van der Waals surface area (Å²) in [6.45, 7) is 4.98. The molecular weight excluding hydrogens is 419 g/mol. The Balaban J connectivity index is 1.70. The number of benzene rings is 5. The zero-order valence-corrected chi connectivity index (χ0v) is 19.9. The van der Waals surface area contributed by atoms with Crippen molar-refractivity contribution in [3.63, 3.8) is 0 Å². The summed E-state index contributed by atoms with van der Waals surface area (Å²) in [6.07, 6.45) is 0.352. The van der Waals surface area contributed by atoms with Gasteiger partial charge in [0.1, 0.15) is 19.0 Å². The Morgan fingerprint density at radius 2 is 1.41 bits per heavy atom. The lowest BCUT2D eigenvalue weighted by atomic mass is 9.82. The molecule has 0 saturated heterocycles. The first-order chi connectivity index (χ1) is 16.1. The molecular formula is C30H27BO3. The van der Waals surface area contributed by atoms with Gasteiger partial charge in [0.15, 0.2) is 0 Å². The molecule has 168 valence electrons. The van der Waals surface area contributed by atoms with E-state index < -0.39 is 11.2 Å². The van der Waals surface area contributed by atoms with Crippen LogP contribution >= 0.6 is 0 Å². The third kappa shape index (κ3) is 3.06. The Morgan fingerprint density at radius 1 is 0.735 bits per heavy atom. The maximum absolute atomic E-state index is 10.9. The van der Waals surface area contributed by atoms with Crippen LogP contribution in [0.15, 0.2) is 77.2 Å². The van der Waals surface area contributed by atoms with E-state index in [1.165, 1.54) is 21.6 Å². The summed E-state index contributed by atoms with van der Waals surface area (Å²) < 4.78 is 6.57. The highest BCUT2D eigenvalue weighted by Gasteiger charge is 2.37. The van der Waals surface area contributed by atoms with Crippen molar-refractivity contribution in [1.29, 1.82) is 0 Å².